The molecule has 2 atom stereocenters. The fourth-order valence-corrected chi connectivity index (χ4v) is 4.23. The normalized spacial score (nSPS) is 34.8. The molecular weight excluding hydrogens is 262 g/mol. The van der Waals surface area contributed by atoms with E-state index in [9.17, 15) is 8.42 Å². The van der Waals surface area contributed by atoms with Gasteiger partial charge in [0.2, 0.25) is 10.0 Å². The van der Waals surface area contributed by atoms with Crippen molar-refractivity contribution in [1.29, 1.82) is 0 Å². The first-order chi connectivity index (χ1) is 8.82. The highest BCUT2D eigenvalue weighted by Crippen LogP contribution is 2.30. The maximum Gasteiger partial charge on any atom is 0.211 e. The SMILES string of the molecule is CC1(CN)CCN(CC2CCCN(S(C)(=O)=O)C2)C1. The van der Waals surface area contributed by atoms with E-state index in [2.05, 4.69) is 11.8 Å². The summed E-state index contributed by atoms with van der Waals surface area (Å²) in [6.07, 6.45) is 4.60. The number of hydrogen-bond acceptors (Lipinski definition) is 4. The third kappa shape index (κ3) is 3.90. The minimum Gasteiger partial charge on any atom is -0.330 e. The topological polar surface area (TPSA) is 66.6 Å². The van der Waals surface area contributed by atoms with E-state index in [1.807, 2.05) is 0 Å². The van der Waals surface area contributed by atoms with E-state index < -0.39 is 10.0 Å². The summed E-state index contributed by atoms with van der Waals surface area (Å²) in [5.74, 6) is 0.476. The van der Waals surface area contributed by atoms with Crippen LogP contribution in [0.25, 0.3) is 0 Å². The second-order valence-corrected chi connectivity index (χ2v) is 8.61. The fourth-order valence-electron chi connectivity index (χ4n) is 3.29. The van der Waals surface area contributed by atoms with Crippen molar-refractivity contribution in [2.45, 2.75) is 26.2 Å². The summed E-state index contributed by atoms with van der Waals surface area (Å²) in [7, 11) is -3.03. The lowest BCUT2D eigenvalue weighted by molar-refractivity contribution is 0.188. The number of piperidine rings is 1. The van der Waals surface area contributed by atoms with Gasteiger partial charge < -0.3 is 10.6 Å². The van der Waals surface area contributed by atoms with Crippen LogP contribution in [0.4, 0.5) is 0 Å². The molecule has 2 N–H and O–H groups in total. The quantitative estimate of drug-likeness (QED) is 0.810. The molecule has 112 valence electrons. The van der Waals surface area contributed by atoms with Gasteiger partial charge in [-0.1, -0.05) is 6.92 Å². The van der Waals surface area contributed by atoms with Crippen molar-refractivity contribution < 1.29 is 8.42 Å². The summed E-state index contributed by atoms with van der Waals surface area (Å²) in [5, 5.41) is 0. The molecule has 6 heteroatoms. The van der Waals surface area contributed by atoms with E-state index in [0.29, 0.717) is 19.0 Å². The summed E-state index contributed by atoms with van der Waals surface area (Å²) < 4.78 is 24.9. The average Bonchev–Trinajstić information content (AvgIpc) is 2.71. The fraction of sp³-hybridized carbons (Fsp3) is 1.00. The van der Waals surface area contributed by atoms with Crippen molar-refractivity contribution >= 4 is 10.0 Å². The van der Waals surface area contributed by atoms with Crippen molar-refractivity contribution in [3.63, 3.8) is 0 Å². The van der Waals surface area contributed by atoms with E-state index in [4.69, 9.17) is 5.73 Å². The third-order valence-corrected chi connectivity index (χ3v) is 5.87. The molecule has 0 bridgehead atoms. The molecule has 2 unspecified atom stereocenters. The van der Waals surface area contributed by atoms with Gasteiger partial charge in [0.1, 0.15) is 0 Å². The number of nitrogens with zero attached hydrogens (tertiary/aromatic N) is 2. The lowest BCUT2D eigenvalue weighted by Gasteiger charge is -2.33. The molecule has 2 fully saturated rings. The Morgan fingerprint density at radius 2 is 2.11 bits per heavy atom. The third-order valence-electron chi connectivity index (χ3n) is 4.60. The Balaban J connectivity index is 1.87. The highest BCUT2D eigenvalue weighted by atomic mass is 32.2. The van der Waals surface area contributed by atoms with Crippen LogP contribution in [0.2, 0.25) is 0 Å². The monoisotopic (exact) mass is 289 g/mol. The number of sulfonamides is 1. The molecule has 0 aromatic heterocycles. The molecule has 2 rings (SSSR count). The Hall–Kier alpha value is -0.170. The van der Waals surface area contributed by atoms with Crippen molar-refractivity contribution in [2.24, 2.45) is 17.1 Å². The molecule has 0 radical (unpaired) electrons. The van der Waals surface area contributed by atoms with Crippen LogP contribution in [0.5, 0.6) is 0 Å². The average molecular weight is 289 g/mol. The molecule has 0 aromatic carbocycles. The van der Waals surface area contributed by atoms with Crippen molar-refractivity contribution in [3.05, 3.63) is 0 Å². The van der Waals surface area contributed by atoms with Gasteiger partial charge in [-0.25, -0.2) is 12.7 Å². The highest BCUT2D eigenvalue weighted by molar-refractivity contribution is 7.88. The maximum absolute atomic E-state index is 11.6. The molecule has 2 aliphatic rings. The first-order valence-electron chi connectivity index (χ1n) is 7.20. The summed E-state index contributed by atoms with van der Waals surface area (Å²) >= 11 is 0. The largest absolute Gasteiger partial charge is 0.330 e. The first-order valence-corrected chi connectivity index (χ1v) is 9.05. The molecule has 0 aliphatic carbocycles. The summed E-state index contributed by atoms with van der Waals surface area (Å²) in [5.41, 5.74) is 6.08. The van der Waals surface area contributed by atoms with Crippen LogP contribution in [-0.2, 0) is 10.0 Å². The van der Waals surface area contributed by atoms with Gasteiger partial charge in [0.25, 0.3) is 0 Å². The highest BCUT2D eigenvalue weighted by Gasteiger charge is 2.34. The summed E-state index contributed by atoms with van der Waals surface area (Å²) in [4.78, 5) is 2.46. The van der Waals surface area contributed by atoms with Gasteiger partial charge in [-0.15, -0.1) is 0 Å². The zero-order valence-corrected chi connectivity index (χ0v) is 13.0. The molecule has 0 spiro atoms. The van der Waals surface area contributed by atoms with Gasteiger partial charge in [0.15, 0.2) is 0 Å². The van der Waals surface area contributed by atoms with Crippen molar-refractivity contribution in [2.75, 3.05) is 45.5 Å². The minimum absolute atomic E-state index is 0.255. The Bertz CT molecular complexity index is 412. The van der Waals surface area contributed by atoms with Gasteiger partial charge in [0, 0.05) is 26.2 Å². The number of nitrogens with two attached hydrogens (primary N) is 1. The van der Waals surface area contributed by atoms with Crippen LogP contribution in [-0.4, -0.2) is 63.1 Å². The van der Waals surface area contributed by atoms with Crippen LogP contribution >= 0.6 is 0 Å². The van der Waals surface area contributed by atoms with E-state index in [1.54, 1.807) is 4.31 Å². The van der Waals surface area contributed by atoms with Gasteiger partial charge in [-0.2, -0.15) is 0 Å². The Morgan fingerprint density at radius 3 is 2.68 bits per heavy atom. The molecule has 5 nitrogen and oxygen atoms in total. The number of rotatable bonds is 4. The lowest BCUT2D eigenvalue weighted by atomic mass is 9.90. The van der Waals surface area contributed by atoms with Crippen LogP contribution in [0, 0.1) is 11.3 Å². The number of hydrogen-bond donors (Lipinski definition) is 1. The van der Waals surface area contributed by atoms with Gasteiger partial charge in [-0.05, 0) is 43.7 Å². The van der Waals surface area contributed by atoms with Crippen molar-refractivity contribution in [1.82, 2.24) is 9.21 Å². The van der Waals surface area contributed by atoms with Gasteiger partial charge in [-0.3, -0.25) is 0 Å². The predicted octanol–water partition coefficient (Wildman–Crippen LogP) is 0.329. The zero-order chi connectivity index (χ0) is 14.1. The number of likely N-dealkylation sites (tertiary alicyclic amines) is 1. The van der Waals surface area contributed by atoms with Crippen molar-refractivity contribution in [3.8, 4) is 0 Å². The molecule has 0 saturated carbocycles. The van der Waals surface area contributed by atoms with E-state index in [0.717, 1.165) is 45.4 Å². The zero-order valence-electron chi connectivity index (χ0n) is 12.1. The maximum atomic E-state index is 11.6. The Labute approximate surface area is 117 Å². The standard InChI is InChI=1S/C13H27N3O2S/c1-13(10-14)5-7-15(11-13)8-12-4-3-6-16(9-12)19(2,17)18/h12H,3-11,14H2,1-2H3. The van der Waals surface area contributed by atoms with Gasteiger partial charge >= 0.3 is 0 Å². The van der Waals surface area contributed by atoms with Crippen LogP contribution in [0.15, 0.2) is 0 Å². The first kappa shape index (κ1) is 15.2. The van der Waals surface area contributed by atoms with Crippen LogP contribution in [0.3, 0.4) is 0 Å². The Morgan fingerprint density at radius 1 is 1.37 bits per heavy atom. The predicted molar refractivity (Wildman–Crippen MR) is 77.4 cm³/mol. The molecule has 2 heterocycles. The molecule has 0 amide bonds. The molecule has 19 heavy (non-hydrogen) atoms. The van der Waals surface area contributed by atoms with E-state index in [-0.39, 0.29) is 5.41 Å². The molecule has 0 aromatic rings. The van der Waals surface area contributed by atoms with E-state index in [1.165, 1.54) is 6.26 Å². The smallest absolute Gasteiger partial charge is 0.211 e. The Kier molecular flexibility index (Phi) is 4.55. The van der Waals surface area contributed by atoms with Crippen LogP contribution in [0.1, 0.15) is 26.2 Å². The lowest BCUT2D eigenvalue weighted by Crippen LogP contribution is -2.43. The molecule has 2 aliphatic heterocycles. The second kappa shape index (κ2) is 5.68. The summed E-state index contributed by atoms with van der Waals surface area (Å²) in [6.45, 7) is 7.54. The van der Waals surface area contributed by atoms with Crippen LogP contribution < -0.4 is 5.73 Å². The van der Waals surface area contributed by atoms with E-state index >= 15 is 0 Å². The van der Waals surface area contributed by atoms with Gasteiger partial charge in [0.05, 0.1) is 6.26 Å². The second-order valence-electron chi connectivity index (χ2n) is 6.63. The molecular formula is C13H27N3O2S. The summed E-state index contributed by atoms with van der Waals surface area (Å²) in [6, 6.07) is 0. The molecule has 2 saturated heterocycles. The minimum atomic E-state index is -3.03.